The summed E-state index contributed by atoms with van der Waals surface area (Å²) in [5, 5.41) is 15.2. The number of methoxy groups -OCH3 is 1. The van der Waals surface area contributed by atoms with Crippen molar-refractivity contribution in [2.24, 2.45) is 0 Å². The molecule has 0 radical (unpaired) electrons. The molecule has 3 aromatic rings. The van der Waals surface area contributed by atoms with Crippen LogP contribution < -0.4 is 15.0 Å². The van der Waals surface area contributed by atoms with E-state index in [0.29, 0.717) is 24.6 Å². The summed E-state index contributed by atoms with van der Waals surface area (Å²) in [5.41, 5.74) is 1.92. The van der Waals surface area contributed by atoms with Crippen molar-refractivity contribution in [1.82, 2.24) is 9.88 Å². The van der Waals surface area contributed by atoms with Gasteiger partial charge in [0.15, 0.2) is 0 Å². The monoisotopic (exact) mass is 521 g/mol. The Morgan fingerprint density at radius 2 is 1.58 bits per heavy atom. The number of aromatic nitrogens is 1. The molecule has 0 saturated heterocycles. The Labute approximate surface area is 223 Å². The molecule has 1 amide bonds. The molecule has 0 aliphatic carbocycles. The Balaban J connectivity index is 1.97. The zero-order valence-corrected chi connectivity index (χ0v) is 22.7. The van der Waals surface area contributed by atoms with E-state index in [1.54, 1.807) is 13.1 Å². The van der Waals surface area contributed by atoms with Gasteiger partial charge >= 0.3 is 11.9 Å². The zero-order valence-electron chi connectivity index (χ0n) is 22.7. The molecule has 202 valence electrons. The Morgan fingerprint density at radius 1 is 1.03 bits per heavy atom. The van der Waals surface area contributed by atoms with Crippen LogP contribution in [0.1, 0.15) is 37.9 Å². The van der Waals surface area contributed by atoms with Crippen LogP contribution in [-0.4, -0.2) is 60.8 Å². The molecular weight excluding hydrogens is 486 g/mol. The predicted molar refractivity (Wildman–Crippen MR) is 148 cm³/mol. The molecule has 10 heteroatoms. The molecular formula is C28H35N5O5. The third kappa shape index (κ3) is 7.34. The summed E-state index contributed by atoms with van der Waals surface area (Å²) in [6.45, 7) is 6.20. The maximum atomic E-state index is 12.4. The van der Waals surface area contributed by atoms with Crippen LogP contribution in [0.5, 0.6) is 5.75 Å². The van der Waals surface area contributed by atoms with E-state index in [0.717, 1.165) is 11.1 Å². The maximum absolute atomic E-state index is 12.4. The van der Waals surface area contributed by atoms with Gasteiger partial charge in [-0.15, -0.1) is 0 Å². The van der Waals surface area contributed by atoms with E-state index in [1.807, 2.05) is 93.4 Å². The normalized spacial score (nSPS) is 11.1. The van der Waals surface area contributed by atoms with Crippen LogP contribution in [0.25, 0.3) is 0 Å². The molecule has 3 rings (SSSR count). The molecule has 1 N–H and O–H groups in total. The number of benzene rings is 2. The van der Waals surface area contributed by atoms with Crippen LogP contribution in [0.15, 0.2) is 66.7 Å². The van der Waals surface area contributed by atoms with E-state index in [9.17, 15) is 14.9 Å². The number of rotatable bonds is 10. The molecule has 0 aliphatic heterocycles. The molecule has 10 nitrogen and oxygen atoms in total. The van der Waals surface area contributed by atoms with Gasteiger partial charge in [0.2, 0.25) is 5.75 Å². The minimum absolute atomic E-state index is 0.0406. The van der Waals surface area contributed by atoms with Gasteiger partial charge in [-0.25, -0.2) is 4.79 Å². The van der Waals surface area contributed by atoms with E-state index >= 15 is 0 Å². The average Bonchev–Trinajstić information content (AvgIpc) is 2.89. The predicted octanol–water partition coefficient (Wildman–Crippen LogP) is 5.50. The van der Waals surface area contributed by atoms with Gasteiger partial charge in [-0.05, 0) is 41.8 Å². The highest BCUT2D eigenvalue weighted by Crippen LogP contribution is 2.37. The van der Waals surface area contributed by atoms with Crippen molar-refractivity contribution in [3.8, 4) is 5.75 Å². The van der Waals surface area contributed by atoms with Crippen LogP contribution in [0.3, 0.4) is 0 Å². The summed E-state index contributed by atoms with van der Waals surface area (Å²) in [6.07, 6.45) is -0.433. The number of nitro groups is 1. The fourth-order valence-electron chi connectivity index (χ4n) is 3.79. The van der Waals surface area contributed by atoms with Crippen LogP contribution in [0.4, 0.5) is 22.1 Å². The minimum atomic E-state index is -0.603. The summed E-state index contributed by atoms with van der Waals surface area (Å²) in [7, 11) is 4.86. The second-order valence-corrected chi connectivity index (χ2v) is 9.86. The molecule has 0 spiro atoms. The highest BCUT2D eigenvalue weighted by Gasteiger charge is 2.28. The Morgan fingerprint density at radius 3 is 2.05 bits per heavy atom. The van der Waals surface area contributed by atoms with Crippen LogP contribution in [-0.2, 0) is 4.74 Å². The highest BCUT2D eigenvalue weighted by atomic mass is 16.6. The summed E-state index contributed by atoms with van der Waals surface area (Å²) in [5.74, 6) is -0.0330. The number of ether oxygens (including phenoxy) is 2. The molecule has 0 unspecified atom stereocenters. The average molecular weight is 522 g/mol. The van der Waals surface area contributed by atoms with Crippen molar-refractivity contribution in [3.63, 3.8) is 0 Å². The van der Waals surface area contributed by atoms with Gasteiger partial charge in [0.05, 0.1) is 13.2 Å². The van der Waals surface area contributed by atoms with E-state index in [1.165, 1.54) is 12.0 Å². The molecule has 0 atom stereocenters. The minimum Gasteiger partial charge on any atom is -0.489 e. The lowest BCUT2D eigenvalue weighted by Gasteiger charge is -2.28. The van der Waals surface area contributed by atoms with Gasteiger partial charge in [0.25, 0.3) is 5.82 Å². The molecule has 0 aliphatic rings. The summed E-state index contributed by atoms with van der Waals surface area (Å²) in [6, 6.07) is 20.8. The second-order valence-electron chi connectivity index (χ2n) is 9.86. The van der Waals surface area contributed by atoms with Crippen molar-refractivity contribution in [1.29, 1.82) is 0 Å². The van der Waals surface area contributed by atoms with Crippen LogP contribution in [0, 0.1) is 10.1 Å². The number of pyridine rings is 1. The van der Waals surface area contributed by atoms with Gasteiger partial charge < -0.3 is 34.7 Å². The van der Waals surface area contributed by atoms with Crippen molar-refractivity contribution >= 4 is 23.4 Å². The number of hydrogen-bond donors (Lipinski definition) is 1. The highest BCUT2D eigenvalue weighted by molar-refractivity contribution is 5.72. The first-order valence-corrected chi connectivity index (χ1v) is 12.2. The van der Waals surface area contributed by atoms with Gasteiger partial charge in [-0.3, -0.25) is 0 Å². The largest absolute Gasteiger partial charge is 0.489 e. The number of carbonyl (C=O) groups excluding carboxylic acids is 1. The number of nitrogens with zero attached hydrogens (tertiary/aromatic N) is 4. The number of nitrogens with one attached hydrogen (secondary N) is 1. The lowest BCUT2D eigenvalue weighted by Crippen LogP contribution is -2.38. The Bertz CT molecular complexity index is 1190. The standard InChI is InChI=1S/C28H35N5O5/c1-28(2,3)38-27(34)32(5)18-17-31(4)22-19-23(37-6)26(33(35)36)30-25(22)29-24(20-13-9-7-10-14-20)21-15-11-8-12-16-21/h7-16,19,24H,17-18H2,1-6H3,(H,29,30). The fourth-order valence-corrected chi connectivity index (χ4v) is 3.79. The van der Waals surface area contributed by atoms with Crippen molar-refractivity contribution < 1.29 is 19.2 Å². The Hall–Kier alpha value is -4.34. The first-order valence-electron chi connectivity index (χ1n) is 12.2. The molecule has 0 fully saturated rings. The van der Waals surface area contributed by atoms with E-state index in [2.05, 4.69) is 10.3 Å². The first-order chi connectivity index (χ1) is 18.0. The van der Waals surface area contributed by atoms with Gasteiger partial charge in [0, 0.05) is 33.3 Å². The molecule has 0 saturated carbocycles. The third-order valence-electron chi connectivity index (χ3n) is 5.78. The van der Waals surface area contributed by atoms with Gasteiger partial charge in [-0.1, -0.05) is 60.7 Å². The zero-order chi connectivity index (χ0) is 27.9. The van der Waals surface area contributed by atoms with Gasteiger partial charge in [0.1, 0.15) is 11.3 Å². The van der Waals surface area contributed by atoms with E-state index in [4.69, 9.17) is 9.47 Å². The maximum Gasteiger partial charge on any atom is 0.410 e. The Kier molecular flexibility index (Phi) is 9.11. The second kappa shape index (κ2) is 12.3. The SMILES string of the molecule is COc1cc(N(C)CCN(C)C(=O)OC(C)(C)C)c(NC(c2ccccc2)c2ccccc2)nc1[N+](=O)[O-]. The van der Waals surface area contributed by atoms with Crippen molar-refractivity contribution in [3.05, 3.63) is 88.0 Å². The lowest BCUT2D eigenvalue weighted by molar-refractivity contribution is -0.390. The topological polar surface area (TPSA) is 110 Å². The third-order valence-corrected chi connectivity index (χ3v) is 5.78. The van der Waals surface area contributed by atoms with Crippen molar-refractivity contribution in [2.45, 2.75) is 32.4 Å². The van der Waals surface area contributed by atoms with E-state index < -0.39 is 22.4 Å². The molecule has 1 aromatic heterocycles. The lowest BCUT2D eigenvalue weighted by atomic mass is 9.98. The number of likely N-dealkylation sites (N-methyl/N-ethyl adjacent to an activating group) is 2. The molecule has 2 aromatic carbocycles. The molecule has 1 heterocycles. The summed E-state index contributed by atoms with van der Waals surface area (Å²) >= 11 is 0. The van der Waals surface area contributed by atoms with Gasteiger partial charge in [-0.2, -0.15) is 0 Å². The quantitative estimate of drug-likeness (QED) is 0.275. The van der Waals surface area contributed by atoms with E-state index in [-0.39, 0.29) is 11.8 Å². The van der Waals surface area contributed by atoms with Crippen LogP contribution in [0.2, 0.25) is 0 Å². The number of amides is 1. The number of anilines is 2. The van der Waals surface area contributed by atoms with Crippen LogP contribution >= 0.6 is 0 Å². The fraction of sp³-hybridized carbons (Fsp3) is 0.357. The summed E-state index contributed by atoms with van der Waals surface area (Å²) in [4.78, 5) is 31.4. The molecule has 38 heavy (non-hydrogen) atoms. The number of hydrogen-bond acceptors (Lipinski definition) is 8. The summed E-state index contributed by atoms with van der Waals surface area (Å²) < 4.78 is 10.7. The molecule has 0 bridgehead atoms. The van der Waals surface area contributed by atoms with Crippen molar-refractivity contribution in [2.75, 3.05) is 44.5 Å². The number of carbonyl (C=O) groups is 1. The first kappa shape index (κ1) is 28.2. The smallest absolute Gasteiger partial charge is 0.410 e.